The molecule has 12 heteroatoms. The second-order valence-corrected chi connectivity index (χ2v) is 9.61. The van der Waals surface area contributed by atoms with E-state index in [-0.39, 0.29) is 30.2 Å². The van der Waals surface area contributed by atoms with Crippen LogP contribution in [0.1, 0.15) is 61.9 Å². The highest BCUT2D eigenvalue weighted by molar-refractivity contribution is 6.31. The molecule has 1 heterocycles. The summed E-state index contributed by atoms with van der Waals surface area (Å²) in [5.74, 6) is -0.544. The van der Waals surface area contributed by atoms with Gasteiger partial charge in [-0.15, -0.1) is 0 Å². The minimum atomic E-state index is -5.01. The Bertz CT molecular complexity index is 1130. The fourth-order valence-corrected chi connectivity index (χ4v) is 4.53. The molecule has 0 aliphatic carbocycles. The summed E-state index contributed by atoms with van der Waals surface area (Å²) in [5.41, 5.74) is -2.29. The van der Waals surface area contributed by atoms with Gasteiger partial charge in [-0.3, -0.25) is 9.69 Å². The van der Waals surface area contributed by atoms with Crippen LogP contribution in [0.2, 0.25) is 5.02 Å². The molecule has 0 spiro atoms. The third kappa shape index (κ3) is 6.88. The lowest BCUT2D eigenvalue weighted by Gasteiger charge is -2.32. The summed E-state index contributed by atoms with van der Waals surface area (Å²) in [4.78, 5) is 28.3. The standard InChI is InChI=1S/C25H26ClF6N3O2/c1-14(2)33-23(37)34-8-4-5-21(20-7-6-19(26)12-22(20)34)35(15(3)36)13-16-9-17(24(27,28)29)11-18(10-16)25(30,31)32/h6-7,9-12,14,21H,4-5,8,13H2,1-3H3,(H,33,37). The molecule has 1 N–H and O–H groups in total. The summed E-state index contributed by atoms with van der Waals surface area (Å²) in [7, 11) is 0. The van der Waals surface area contributed by atoms with Crippen molar-refractivity contribution in [3.05, 3.63) is 63.7 Å². The number of hydrogen-bond acceptors (Lipinski definition) is 2. The lowest BCUT2D eigenvalue weighted by Crippen LogP contribution is -2.43. The highest BCUT2D eigenvalue weighted by Crippen LogP contribution is 2.41. The number of benzene rings is 2. The van der Waals surface area contributed by atoms with E-state index in [1.165, 1.54) is 16.7 Å². The van der Waals surface area contributed by atoms with Gasteiger partial charge in [0.25, 0.3) is 0 Å². The SMILES string of the molecule is CC(=O)N(Cc1cc(C(F)(F)F)cc(C(F)(F)F)c1)C1CCCN(C(=O)NC(C)C)c2cc(Cl)ccc21. The summed E-state index contributed by atoms with van der Waals surface area (Å²) in [5, 5.41) is 3.12. The number of fused-ring (bicyclic) bond motifs is 1. The lowest BCUT2D eigenvalue weighted by atomic mass is 9.98. The van der Waals surface area contributed by atoms with E-state index in [1.54, 1.807) is 32.0 Å². The normalized spacial score (nSPS) is 16.3. The van der Waals surface area contributed by atoms with Gasteiger partial charge < -0.3 is 10.2 Å². The largest absolute Gasteiger partial charge is 0.416 e. The third-order valence-electron chi connectivity index (χ3n) is 5.94. The van der Waals surface area contributed by atoms with Gasteiger partial charge in [0.15, 0.2) is 0 Å². The van der Waals surface area contributed by atoms with Gasteiger partial charge in [0.05, 0.1) is 22.9 Å². The Kier molecular flexibility index (Phi) is 8.36. The summed E-state index contributed by atoms with van der Waals surface area (Å²) in [6.45, 7) is 4.56. The van der Waals surface area contributed by atoms with E-state index >= 15 is 0 Å². The molecule has 0 bridgehead atoms. The third-order valence-corrected chi connectivity index (χ3v) is 6.18. The molecule has 0 saturated heterocycles. The maximum Gasteiger partial charge on any atom is 0.416 e. The molecule has 1 atom stereocenters. The highest BCUT2D eigenvalue weighted by atomic mass is 35.5. The molecule has 1 aliphatic rings. The van der Waals surface area contributed by atoms with Crippen LogP contribution in [0.15, 0.2) is 36.4 Å². The summed E-state index contributed by atoms with van der Waals surface area (Å²) < 4.78 is 80.3. The van der Waals surface area contributed by atoms with Crippen LogP contribution < -0.4 is 10.2 Å². The van der Waals surface area contributed by atoms with E-state index in [9.17, 15) is 35.9 Å². The molecular weight excluding hydrogens is 524 g/mol. The summed E-state index contributed by atoms with van der Waals surface area (Å²) in [6.07, 6.45) is -9.27. The Morgan fingerprint density at radius 3 is 2.16 bits per heavy atom. The van der Waals surface area contributed by atoms with Gasteiger partial charge in [-0.25, -0.2) is 4.79 Å². The Morgan fingerprint density at radius 1 is 1.05 bits per heavy atom. The van der Waals surface area contributed by atoms with E-state index in [0.29, 0.717) is 41.2 Å². The molecular formula is C25H26ClF6N3O2. The molecule has 1 aliphatic heterocycles. The molecule has 3 amide bonds. The van der Waals surface area contributed by atoms with E-state index in [1.807, 2.05) is 0 Å². The molecule has 0 saturated carbocycles. The fourth-order valence-electron chi connectivity index (χ4n) is 4.36. The quantitative estimate of drug-likeness (QED) is 0.411. The van der Waals surface area contributed by atoms with E-state index in [2.05, 4.69) is 5.32 Å². The molecule has 2 aromatic carbocycles. The van der Waals surface area contributed by atoms with E-state index < -0.39 is 42.0 Å². The average Bonchev–Trinajstić information content (AvgIpc) is 2.94. The molecule has 3 rings (SSSR count). The number of alkyl halides is 6. The number of hydrogen-bond donors (Lipinski definition) is 1. The zero-order chi connectivity index (χ0) is 27.7. The molecule has 37 heavy (non-hydrogen) atoms. The van der Waals surface area contributed by atoms with Crippen molar-refractivity contribution in [1.29, 1.82) is 0 Å². The van der Waals surface area contributed by atoms with Crippen LogP contribution in [0.3, 0.4) is 0 Å². The molecule has 202 valence electrons. The minimum Gasteiger partial charge on any atom is -0.336 e. The number of rotatable bonds is 4. The highest BCUT2D eigenvalue weighted by Gasteiger charge is 2.38. The number of nitrogens with one attached hydrogen (secondary N) is 1. The number of carbonyl (C=O) groups is 2. The predicted molar refractivity (Wildman–Crippen MR) is 127 cm³/mol. The summed E-state index contributed by atoms with van der Waals surface area (Å²) in [6, 6.07) is 4.75. The van der Waals surface area contributed by atoms with Crippen LogP contribution in [0.4, 0.5) is 36.8 Å². The van der Waals surface area contributed by atoms with Gasteiger partial charge in [0, 0.05) is 31.1 Å². The Morgan fingerprint density at radius 2 is 1.65 bits per heavy atom. The topological polar surface area (TPSA) is 52.7 Å². The monoisotopic (exact) mass is 549 g/mol. The van der Waals surface area contributed by atoms with Gasteiger partial charge in [-0.2, -0.15) is 26.3 Å². The molecule has 1 unspecified atom stereocenters. The second-order valence-electron chi connectivity index (χ2n) is 9.18. The van der Waals surface area contributed by atoms with Crippen LogP contribution in [0.5, 0.6) is 0 Å². The number of amides is 3. The van der Waals surface area contributed by atoms with Gasteiger partial charge in [0.2, 0.25) is 5.91 Å². The first-order valence-corrected chi connectivity index (χ1v) is 11.9. The van der Waals surface area contributed by atoms with Crippen molar-refractivity contribution in [3.8, 4) is 0 Å². The molecule has 0 radical (unpaired) electrons. The van der Waals surface area contributed by atoms with Crippen molar-refractivity contribution in [1.82, 2.24) is 10.2 Å². The van der Waals surface area contributed by atoms with Crippen molar-refractivity contribution >= 4 is 29.2 Å². The number of nitrogens with zero attached hydrogens (tertiary/aromatic N) is 2. The molecule has 0 fully saturated rings. The van der Waals surface area contributed by atoms with Crippen molar-refractivity contribution in [2.45, 2.75) is 64.6 Å². The van der Waals surface area contributed by atoms with Crippen LogP contribution in [0, 0.1) is 0 Å². The van der Waals surface area contributed by atoms with Gasteiger partial charge in [-0.1, -0.05) is 17.7 Å². The zero-order valence-corrected chi connectivity index (χ0v) is 21.1. The first-order valence-electron chi connectivity index (χ1n) is 11.5. The first kappa shape index (κ1) is 28.6. The molecule has 5 nitrogen and oxygen atoms in total. The van der Waals surface area contributed by atoms with Crippen LogP contribution in [0.25, 0.3) is 0 Å². The maximum absolute atomic E-state index is 13.4. The van der Waals surface area contributed by atoms with Gasteiger partial charge in [-0.05, 0) is 68.1 Å². The lowest BCUT2D eigenvalue weighted by molar-refractivity contribution is -0.143. The van der Waals surface area contributed by atoms with Crippen LogP contribution in [-0.4, -0.2) is 29.4 Å². The molecule has 2 aromatic rings. The maximum atomic E-state index is 13.4. The van der Waals surface area contributed by atoms with E-state index in [0.717, 1.165) is 0 Å². The minimum absolute atomic E-state index is 0.0514. The van der Waals surface area contributed by atoms with Crippen LogP contribution >= 0.6 is 11.6 Å². The van der Waals surface area contributed by atoms with E-state index in [4.69, 9.17) is 11.6 Å². The number of urea groups is 1. The Labute approximate surface area is 215 Å². The zero-order valence-electron chi connectivity index (χ0n) is 20.3. The van der Waals surface area contributed by atoms with Crippen molar-refractivity contribution in [2.75, 3.05) is 11.4 Å². The number of carbonyl (C=O) groups excluding carboxylic acids is 2. The predicted octanol–water partition coefficient (Wildman–Crippen LogP) is 7.19. The van der Waals surface area contributed by atoms with Crippen molar-refractivity contribution < 1.29 is 35.9 Å². The van der Waals surface area contributed by atoms with Gasteiger partial charge in [0.1, 0.15) is 0 Å². The number of anilines is 1. The van der Waals surface area contributed by atoms with Gasteiger partial charge >= 0.3 is 18.4 Å². The Hall–Kier alpha value is -2.95. The second kappa shape index (κ2) is 10.8. The van der Waals surface area contributed by atoms with Crippen molar-refractivity contribution in [2.24, 2.45) is 0 Å². The summed E-state index contributed by atoms with van der Waals surface area (Å²) >= 11 is 6.19. The Balaban J connectivity index is 2.07. The average molecular weight is 550 g/mol. The fraction of sp³-hybridized carbons (Fsp3) is 0.440. The number of halogens is 7. The molecule has 0 aromatic heterocycles. The van der Waals surface area contributed by atoms with Crippen molar-refractivity contribution in [3.63, 3.8) is 0 Å². The van der Waals surface area contributed by atoms with Crippen LogP contribution in [-0.2, 0) is 23.7 Å². The first-order chi connectivity index (χ1) is 17.1. The smallest absolute Gasteiger partial charge is 0.336 e.